The van der Waals surface area contributed by atoms with Crippen LogP contribution in [0, 0.1) is 11.7 Å². The van der Waals surface area contributed by atoms with E-state index in [0.29, 0.717) is 18.0 Å². The van der Waals surface area contributed by atoms with Crippen molar-refractivity contribution in [3.63, 3.8) is 0 Å². The van der Waals surface area contributed by atoms with Gasteiger partial charge >= 0.3 is 0 Å². The van der Waals surface area contributed by atoms with Crippen molar-refractivity contribution in [2.75, 3.05) is 6.54 Å². The van der Waals surface area contributed by atoms with Gasteiger partial charge in [-0.15, -0.1) is 0 Å². The Hall–Kier alpha value is -0.860. The first-order valence-electron chi connectivity index (χ1n) is 4.90. The van der Waals surface area contributed by atoms with E-state index in [1.165, 1.54) is 6.07 Å². The third kappa shape index (κ3) is 3.05. The third-order valence-corrected chi connectivity index (χ3v) is 2.59. The lowest BCUT2D eigenvalue weighted by Crippen LogP contribution is -2.08. The highest BCUT2D eigenvalue weighted by atomic mass is 35.5. The summed E-state index contributed by atoms with van der Waals surface area (Å²) in [6.45, 7) is 4.49. The molecule has 0 saturated carbocycles. The summed E-state index contributed by atoms with van der Waals surface area (Å²) in [5.41, 5.74) is 7.09. The fourth-order valence-electron chi connectivity index (χ4n) is 1.29. The molecule has 0 saturated heterocycles. The summed E-state index contributed by atoms with van der Waals surface area (Å²) in [6, 6.07) is 4.96. The van der Waals surface area contributed by atoms with Crippen LogP contribution in [0.2, 0.25) is 5.02 Å². The zero-order valence-corrected chi connectivity index (χ0v) is 9.68. The Bertz CT molecular complexity index is 372. The third-order valence-electron chi connectivity index (χ3n) is 2.30. The Morgan fingerprint density at radius 2 is 2.20 bits per heavy atom. The molecule has 1 nitrogen and oxygen atoms in total. The van der Waals surface area contributed by atoms with Gasteiger partial charge in [0.15, 0.2) is 0 Å². The van der Waals surface area contributed by atoms with Gasteiger partial charge in [-0.1, -0.05) is 49.2 Å². The van der Waals surface area contributed by atoms with E-state index in [1.807, 2.05) is 13.8 Å². The molecule has 0 bridgehead atoms. The quantitative estimate of drug-likeness (QED) is 0.841. The smallest absolute Gasteiger partial charge is 0.148 e. The van der Waals surface area contributed by atoms with Crippen LogP contribution in [-0.2, 0) is 0 Å². The molecule has 0 aliphatic heterocycles. The van der Waals surface area contributed by atoms with Crippen molar-refractivity contribution in [3.05, 3.63) is 40.2 Å². The van der Waals surface area contributed by atoms with E-state index in [-0.39, 0.29) is 10.8 Å². The van der Waals surface area contributed by atoms with Gasteiger partial charge in [0.05, 0.1) is 5.02 Å². The molecule has 0 radical (unpaired) electrons. The molecule has 1 aromatic rings. The maximum atomic E-state index is 13.5. The minimum absolute atomic E-state index is 0.142. The van der Waals surface area contributed by atoms with Crippen LogP contribution in [0.1, 0.15) is 19.4 Å². The predicted octanol–water partition coefficient (Wildman–Crippen LogP) is 3.48. The Balaban J connectivity index is 3.11. The van der Waals surface area contributed by atoms with Gasteiger partial charge in [-0.25, -0.2) is 4.39 Å². The second kappa shape index (κ2) is 5.29. The number of nitrogens with two attached hydrogens (primary N) is 1. The maximum Gasteiger partial charge on any atom is 0.148 e. The summed E-state index contributed by atoms with van der Waals surface area (Å²) in [4.78, 5) is 0. The lowest BCUT2D eigenvalue weighted by Gasteiger charge is -2.09. The van der Waals surface area contributed by atoms with E-state index in [1.54, 1.807) is 18.2 Å². The number of halogens is 2. The van der Waals surface area contributed by atoms with E-state index in [0.717, 1.165) is 5.57 Å². The molecular formula is C12H15ClFN. The van der Waals surface area contributed by atoms with Crippen LogP contribution in [0.15, 0.2) is 23.8 Å². The van der Waals surface area contributed by atoms with Crippen LogP contribution in [0.4, 0.5) is 4.39 Å². The van der Waals surface area contributed by atoms with Crippen molar-refractivity contribution in [3.8, 4) is 0 Å². The maximum absolute atomic E-state index is 13.5. The fraction of sp³-hybridized carbons (Fsp3) is 0.333. The summed E-state index contributed by atoms with van der Waals surface area (Å²) in [6.07, 6.45) is 1.77. The molecule has 2 N–H and O–H groups in total. The number of hydrogen-bond donors (Lipinski definition) is 1. The lowest BCUT2D eigenvalue weighted by atomic mass is 10.0. The standard InChI is InChI=1S/C12H15ClFN/c1-8(2)10(7-15)6-9-4-3-5-11(13)12(9)14/h3-6,8H,7,15H2,1-2H3/b10-6+. The summed E-state index contributed by atoms with van der Waals surface area (Å²) < 4.78 is 13.5. The summed E-state index contributed by atoms with van der Waals surface area (Å²) in [5, 5.41) is 0.142. The largest absolute Gasteiger partial charge is 0.327 e. The minimum atomic E-state index is -0.384. The first-order chi connectivity index (χ1) is 7.06. The van der Waals surface area contributed by atoms with Crippen molar-refractivity contribution >= 4 is 17.7 Å². The first-order valence-corrected chi connectivity index (χ1v) is 5.28. The molecule has 3 heteroatoms. The summed E-state index contributed by atoms with van der Waals surface area (Å²) in [5.74, 6) is -0.0702. The van der Waals surface area contributed by atoms with Crippen molar-refractivity contribution in [2.45, 2.75) is 13.8 Å². The molecule has 0 atom stereocenters. The van der Waals surface area contributed by atoms with Crippen molar-refractivity contribution in [2.24, 2.45) is 11.7 Å². The highest BCUT2D eigenvalue weighted by molar-refractivity contribution is 6.30. The molecular weight excluding hydrogens is 213 g/mol. The average molecular weight is 228 g/mol. The van der Waals surface area contributed by atoms with Gasteiger partial charge in [-0.2, -0.15) is 0 Å². The second-order valence-electron chi connectivity index (χ2n) is 3.72. The fourth-order valence-corrected chi connectivity index (χ4v) is 1.47. The minimum Gasteiger partial charge on any atom is -0.327 e. The van der Waals surface area contributed by atoms with Crippen molar-refractivity contribution in [1.82, 2.24) is 0 Å². The van der Waals surface area contributed by atoms with Gasteiger partial charge in [0.25, 0.3) is 0 Å². The summed E-state index contributed by atoms with van der Waals surface area (Å²) in [7, 11) is 0. The zero-order chi connectivity index (χ0) is 11.4. The van der Waals surface area contributed by atoms with Gasteiger partial charge in [0.2, 0.25) is 0 Å². The molecule has 0 aliphatic rings. The molecule has 82 valence electrons. The Labute approximate surface area is 94.7 Å². The predicted molar refractivity (Wildman–Crippen MR) is 63.3 cm³/mol. The molecule has 15 heavy (non-hydrogen) atoms. The Morgan fingerprint density at radius 1 is 1.53 bits per heavy atom. The number of rotatable bonds is 3. The van der Waals surface area contributed by atoms with Crippen LogP contribution in [0.25, 0.3) is 6.08 Å². The molecule has 0 amide bonds. The van der Waals surface area contributed by atoms with Crippen LogP contribution in [0.5, 0.6) is 0 Å². The normalized spacial score (nSPS) is 12.3. The van der Waals surface area contributed by atoms with Crippen molar-refractivity contribution in [1.29, 1.82) is 0 Å². The van der Waals surface area contributed by atoms with E-state index in [4.69, 9.17) is 17.3 Å². The molecule has 0 fully saturated rings. The highest BCUT2D eigenvalue weighted by Crippen LogP contribution is 2.21. The number of hydrogen-bond acceptors (Lipinski definition) is 1. The Morgan fingerprint density at radius 3 is 2.73 bits per heavy atom. The van der Waals surface area contributed by atoms with Crippen LogP contribution in [0.3, 0.4) is 0 Å². The monoisotopic (exact) mass is 227 g/mol. The Kier molecular flexibility index (Phi) is 4.30. The SMILES string of the molecule is CC(C)/C(=C/c1cccc(Cl)c1F)CN. The van der Waals surface area contributed by atoms with E-state index in [2.05, 4.69) is 0 Å². The topological polar surface area (TPSA) is 26.0 Å². The molecule has 1 aromatic carbocycles. The van der Waals surface area contributed by atoms with Gasteiger partial charge in [0.1, 0.15) is 5.82 Å². The van der Waals surface area contributed by atoms with Crippen LogP contribution >= 0.6 is 11.6 Å². The molecule has 0 spiro atoms. The number of benzene rings is 1. The average Bonchev–Trinajstić information content (AvgIpc) is 2.19. The van der Waals surface area contributed by atoms with Gasteiger partial charge < -0.3 is 5.73 Å². The van der Waals surface area contributed by atoms with E-state index >= 15 is 0 Å². The second-order valence-corrected chi connectivity index (χ2v) is 4.13. The molecule has 0 aromatic heterocycles. The summed E-state index contributed by atoms with van der Waals surface area (Å²) >= 11 is 5.68. The van der Waals surface area contributed by atoms with E-state index in [9.17, 15) is 4.39 Å². The van der Waals surface area contributed by atoms with Crippen molar-refractivity contribution < 1.29 is 4.39 Å². The van der Waals surface area contributed by atoms with Crippen LogP contribution in [-0.4, -0.2) is 6.54 Å². The van der Waals surface area contributed by atoms with Gasteiger partial charge in [-0.05, 0) is 12.0 Å². The first kappa shape index (κ1) is 12.2. The highest BCUT2D eigenvalue weighted by Gasteiger charge is 2.06. The van der Waals surface area contributed by atoms with Gasteiger partial charge in [0, 0.05) is 12.1 Å². The molecule has 0 unspecified atom stereocenters. The molecule has 1 rings (SSSR count). The van der Waals surface area contributed by atoms with Crippen LogP contribution < -0.4 is 5.73 Å². The zero-order valence-electron chi connectivity index (χ0n) is 8.93. The molecule has 0 heterocycles. The van der Waals surface area contributed by atoms with Gasteiger partial charge in [-0.3, -0.25) is 0 Å². The lowest BCUT2D eigenvalue weighted by molar-refractivity contribution is 0.625. The van der Waals surface area contributed by atoms with E-state index < -0.39 is 0 Å². The molecule has 0 aliphatic carbocycles.